The predicted molar refractivity (Wildman–Crippen MR) is 124 cm³/mol. The second kappa shape index (κ2) is 9.62. The van der Waals surface area contributed by atoms with Crippen molar-refractivity contribution in [3.8, 4) is 17.0 Å². The number of rotatable bonds is 7. The van der Waals surface area contributed by atoms with Crippen molar-refractivity contribution in [1.29, 1.82) is 0 Å². The number of carbonyl (C=O) groups is 1. The van der Waals surface area contributed by atoms with E-state index >= 15 is 0 Å². The molecule has 1 heterocycles. The first-order valence-corrected chi connectivity index (χ1v) is 10.9. The Balaban J connectivity index is 1.41. The Morgan fingerprint density at radius 3 is 2.31 bits per heavy atom. The molecule has 1 amide bonds. The van der Waals surface area contributed by atoms with Gasteiger partial charge in [0, 0.05) is 18.5 Å². The van der Waals surface area contributed by atoms with Gasteiger partial charge in [0.1, 0.15) is 6.67 Å². The quantitative estimate of drug-likeness (QED) is 0.380. The Hall–Kier alpha value is -3.71. The van der Waals surface area contributed by atoms with Gasteiger partial charge in [-0.05, 0) is 46.0 Å². The number of aromatic nitrogens is 1. The molecule has 0 atom stereocenters. The highest BCUT2D eigenvalue weighted by Gasteiger charge is 2.09. The van der Waals surface area contributed by atoms with E-state index in [1.54, 1.807) is 24.3 Å². The summed E-state index contributed by atoms with van der Waals surface area (Å²) in [5.74, 6) is -0.280. The van der Waals surface area contributed by atoms with Gasteiger partial charge in [0.15, 0.2) is 0 Å². The van der Waals surface area contributed by atoms with Crippen LogP contribution in [0.1, 0.15) is 31.9 Å². The molecule has 0 bridgehead atoms. The molecule has 0 radical (unpaired) electrons. The molecule has 0 spiro atoms. The summed E-state index contributed by atoms with van der Waals surface area (Å²) in [5, 5.41) is 12.6. The van der Waals surface area contributed by atoms with Crippen LogP contribution in [0.3, 0.4) is 0 Å². The first-order valence-electron chi connectivity index (χ1n) is 10.0. The van der Waals surface area contributed by atoms with Gasteiger partial charge in [0.05, 0.1) is 4.88 Å². The number of benzene rings is 3. The summed E-state index contributed by atoms with van der Waals surface area (Å²) in [6.45, 7) is -0.173. The summed E-state index contributed by atoms with van der Waals surface area (Å²) >= 11 is 1.01. The number of hydrogen-bond acceptors (Lipinski definition) is 4. The van der Waals surface area contributed by atoms with Crippen LogP contribution in [0.2, 0.25) is 0 Å². The van der Waals surface area contributed by atoms with Crippen molar-refractivity contribution in [2.45, 2.75) is 19.6 Å². The minimum atomic E-state index is -0.550. The van der Waals surface area contributed by atoms with E-state index in [9.17, 15) is 19.1 Å². The molecule has 0 saturated carbocycles. The zero-order valence-electron chi connectivity index (χ0n) is 17.1. The minimum absolute atomic E-state index is 0.0721. The molecule has 0 unspecified atom stereocenters. The van der Waals surface area contributed by atoms with Gasteiger partial charge < -0.3 is 10.4 Å². The number of hydrogen-bond donors (Lipinski definition) is 3. The molecule has 4 aromatic rings. The van der Waals surface area contributed by atoms with Crippen LogP contribution in [0.4, 0.5) is 4.39 Å². The number of carbonyl (C=O) groups excluding carboxylic acids is 1. The number of halogens is 1. The lowest BCUT2D eigenvalue weighted by Crippen LogP contribution is -2.22. The zero-order chi connectivity index (χ0) is 22.5. The van der Waals surface area contributed by atoms with Crippen molar-refractivity contribution in [1.82, 2.24) is 10.3 Å². The standard InChI is InChI=1S/C25H21FN2O3S/c26-14-17-6-10-20(11-7-17)23(29)27-15-18-2-1-3-21(12-18)19-8-4-16(5-9-19)13-22-24(30)28-25(31)32-22/h1-12,30H,13-15H2,(H,27,29)(H,28,31). The summed E-state index contributed by atoms with van der Waals surface area (Å²) < 4.78 is 12.6. The average molecular weight is 449 g/mol. The van der Waals surface area contributed by atoms with Crippen LogP contribution in [0.25, 0.3) is 11.1 Å². The van der Waals surface area contributed by atoms with Crippen molar-refractivity contribution in [3.63, 3.8) is 0 Å². The van der Waals surface area contributed by atoms with Gasteiger partial charge >= 0.3 is 4.87 Å². The van der Waals surface area contributed by atoms with E-state index in [0.29, 0.717) is 29.0 Å². The van der Waals surface area contributed by atoms with Crippen LogP contribution in [-0.4, -0.2) is 16.0 Å². The maximum absolute atomic E-state index is 12.6. The highest BCUT2D eigenvalue weighted by Crippen LogP contribution is 2.24. The van der Waals surface area contributed by atoms with E-state index in [1.807, 2.05) is 48.5 Å². The van der Waals surface area contributed by atoms with Gasteiger partial charge in [0.25, 0.3) is 5.91 Å². The van der Waals surface area contributed by atoms with Crippen molar-refractivity contribution < 1.29 is 14.3 Å². The number of alkyl halides is 1. The van der Waals surface area contributed by atoms with Crippen LogP contribution in [0.5, 0.6) is 5.88 Å². The molecule has 0 saturated heterocycles. The van der Waals surface area contributed by atoms with E-state index in [-0.39, 0.29) is 16.7 Å². The Bertz CT molecular complexity index is 1280. The van der Waals surface area contributed by atoms with E-state index < -0.39 is 6.67 Å². The number of thiazole rings is 1. The fraction of sp³-hybridized carbons (Fsp3) is 0.120. The van der Waals surface area contributed by atoms with Gasteiger partial charge in [-0.2, -0.15) is 0 Å². The number of aromatic hydroxyl groups is 1. The number of nitrogens with one attached hydrogen (secondary N) is 2. The monoisotopic (exact) mass is 448 g/mol. The minimum Gasteiger partial charge on any atom is -0.494 e. The van der Waals surface area contributed by atoms with Crippen LogP contribution < -0.4 is 10.2 Å². The summed E-state index contributed by atoms with van der Waals surface area (Å²) in [7, 11) is 0. The molecule has 0 aliphatic carbocycles. The molecule has 3 N–H and O–H groups in total. The fourth-order valence-electron chi connectivity index (χ4n) is 3.36. The molecule has 0 fully saturated rings. The number of H-pyrrole nitrogens is 1. The van der Waals surface area contributed by atoms with Gasteiger partial charge in [-0.1, -0.05) is 65.9 Å². The molecular weight excluding hydrogens is 427 g/mol. The van der Waals surface area contributed by atoms with Crippen molar-refractivity contribution >= 4 is 17.2 Å². The third-order valence-electron chi connectivity index (χ3n) is 5.10. The molecule has 5 nitrogen and oxygen atoms in total. The Labute approximate surface area is 188 Å². The smallest absolute Gasteiger partial charge is 0.307 e. The third kappa shape index (κ3) is 5.12. The van der Waals surface area contributed by atoms with Gasteiger partial charge in [-0.3, -0.25) is 14.6 Å². The number of aromatic amines is 1. The average Bonchev–Trinajstić information content (AvgIpc) is 3.14. The largest absolute Gasteiger partial charge is 0.494 e. The molecule has 7 heteroatoms. The molecule has 0 aliphatic heterocycles. The van der Waals surface area contributed by atoms with Crippen LogP contribution in [0.15, 0.2) is 77.6 Å². The predicted octanol–water partition coefficient (Wildman–Crippen LogP) is 4.80. The normalized spacial score (nSPS) is 10.8. The van der Waals surface area contributed by atoms with Crippen molar-refractivity contribution in [2.24, 2.45) is 0 Å². The first kappa shape index (κ1) is 21.5. The molecule has 32 heavy (non-hydrogen) atoms. The maximum atomic E-state index is 12.6. The second-order valence-electron chi connectivity index (χ2n) is 7.37. The zero-order valence-corrected chi connectivity index (χ0v) is 17.9. The van der Waals surface area contributed by atoms with Gasteiger partial charge in [0.2, 0.25) is 5.88 Å². The molecule has 4 rings (SSSR count). The molecule has 162 valence electrons. The lowest BCUT2D eigenvalue weighted by atomic mass is 10.0. The molecular formula is C25H21FN2O3S. The fourth-order valence-corrected chi connectivity index (χ4v) is 4.12. The highest BCUT2D eigenvalue weighted by molar-refractivity contribution is 7.09. The van der Waals surface area contributed by atoms with E-state index in [0.717, 1.165) is 33.6 Å². The number of amides is 1. The Kier molecular flexibility index (Phi) is 6.47. The molecule has 1 aromatic heterocycles. The lowest BCUT2D eigenvalue weighted by Gasteiger charge is -2.09. The third-order valence-corrected chi connectivity index (χ3v) is 5.97. The summed E-state index contributed by atoms with van der Waals surface area (Å²) in [5.41, 5.74) is 5.03. The maximum Gasteiger partial charge on any atom is 0.307 e. The van der Waals surface area contributed by atoms with E-state index in [1.165, 1.54) is 0 Å². The second-order valence-corrected chi connectivity index (χ2v) is 8.44. The van der Waals surface area contributed by atoms with Gasteiger partial charge in [-0.25, -0.2) is 4.39 Å². The lowest BCUT2D eigenvalue weighted by molar-refractivity contribution is 0.0951. The Morgan fingerprint density at radius 1 is 0.938 bits per heavy atom. The summed E-state index contributed by atoms with van der Waals surface area (Å²) in [6, 6.07) is 22.3. The van der Waals surface area contributed by atoms with Crippen molar-refractivity contribution in [2.75, 3.05) is 0 Å². The van der Waals surface area contributed by atoms with Gasteiger partial charge in [-0.15, -0.1) is 0 Å². The van der Waals surface area contributed by atoms with Crippen LogP contribution in [-0.2, 0) is 19.6 Å². The molecule has 0 aliphatic rings. The van der Waals surface area contributed by atoms with Crippen LogP contribution >= 0.6 is 11.3 Å². The van der Waals surface area contributed by atoms with Crippen molar-refractivity contribution in [3.05, 3.63) is 110 Å². The SMILES string of the molecule is O=C(NCc1cccc(-c2ccc(Cc3sc(=O)[nH]c3O)cc2)c1)c1ccc(CF)cc1. The first-order chi connectivity index (χ1) is 15.5. The summed E-state index contributed by atoms with van der Waals surface area (Å²) in [4.78, 5) is 26.4. The summed E-state index contributed by atoms with van der Waals surface area (Å²) in [6.07, 6.45) is 0.480. The van der Waals surface area contributed by atoms with E-state index in [2.05, 4.69) is 10.3 Å². The Morgan fingerprint density at radius 2 is 1.66 bits per heavy atom. The highest BCUT2D eigenvalue weighted by atomic mass is 32.1. The topological polar surface area (TPSA) is 82.2 Å². The molecule has 3 aromatic carbocycles. The van der Waals surface area contributed by atoms with E-state index in [4.69, 9.17) is 0 Å². The van der Waals surface area contributed by atoms with Crippen LogP contribution in [0, 0.1) is 0 Å².